The second-order valence-electron chi connectivity index (χ2n) is 4.17. The van der Waals surface area contributed by atoms with Crippen molar-refractivity contribution < 1.29 is 18.3 Å². The highest BCUT2D eigenvalue weighted by Gasteiger charge is 2.20. The molecule has 0 aromatic heterocycles. The number of benzene rings is 1. The summed E-state index contributed by atoms with van der Waals surface area (Å²) < 4.78 is 36.2. The van der Waals surface area contributed by atoms with Gasteiger partial charge in [-0.25, -0.2) is 13.8 Å². The molecule has 0 aliphatic carbocycles. The van der Waals surface area contributed by atoms with Gasteiger partial charge in [0.1, 0.15) is 12.4 Å². The fraction of sp³-hybridized carbons (Fsp3) is 0.417. The molecule has 1 aliphatic heterocycles. The Hall–Kier alpha value is -1.85. The Morgan fingerprint density at radius 1 is 1.50 bits per heavy atom. The second kappa shape index (κ2) is 5.20. The summed E-state index contributed by atoms with van der Waals surface area (Å²) in [7, 11) is 0. The molecule has 0 saturated carbocycles. The standard InChI is InChI=1S/C12H14F2N2O2/c1-7(4-8-6-17-12(15)16-8)18-9-2-3-10(13)11(14)5-9/h2-3,5,7-8H,4,6H2,1H3,(H2,15,16). The molecule has 4 nitrogen and oxygen atoms in total. The van der Waals surface area contributed by atoms with Crippen molar-refractivity contribution >= 4 is 6.02 Å². The Morgan fingerprint density at radius 2 is 2.28 bits per heavy atom. The van der Waals surface area contributed by atoms with Gasteiger partial charge in [-0.1, -0.05) is 0 Å². The van der Waals surface area contributed by atoms with E-state index in [9.17, 15) is 8.78 Å². The first-order chi connectivity index (χ1) is 8.54. The second-order valence-corrected chi connectivity index (χ2v) is 4.17. The molecule has 1 aromatic carbocycles. The Labute approximate surface area is 103 Å². The molecule has 0 bridgehead atoms. The van der Waals surface area contributed by atoms with Crippen LogP contribution < -0.4 is 10.5 Å². The molecule has 6 heteroatoms. The molecule has 0 spiro atoms. The van der Waals surface area contributed by atoms with Gasteiger partial charge in [-0.15, -0.1) is 0 Å². The molecule has 2 unspecified atom stereocenters. The van der Waals surface area contributed by atoms with E-state index in [1.54, 1.807) is 0 Å². The minimum atomic E-state index is -0.925. The Kier molecular flexibility index (Phi) is 3.64. The molecule has 2 atom stereocenters. The first-order valence-corrected chi connectivity index (χ1v) is 5.62. The Morgan fingerprint density at radius 3 is 2.89 bits per heavy atom. The summed E-state index contributed by atoms with van der Waals surface area (Å²) in [5.41, 5.74) is 5.39. The van der Waals surface area contributed by atoms with Crippen molar-refractivity contribution in [3.63, 3.8) is 0 Å². The monoisotopic (exact) mass is 256 g/mol. The number of nitrogens with two attached hydrogens (primary N) is 1. The SMILES string of the molecule is CC(CC1COC(N)=N1)Oc1ccc(F)c(F)c1. The summed E-state index contributed by atoms with van der Waals surface area (Å²) in [6.07, 6.45) is 0.401. The zero-order valence-electron chi connectivity index (χ0n) is 9.90. The van der Waals surface area contributed by atoms with Gasteiger partial charge in [0.2, 0.25) is 0 Å². The van der Waals surface area contributed by atoms with Crippen molar-refractivity contribution in [3.05, 3.63) is 29.8 Å². The predicted molar refractivity (Wildman–Crippen MR) is 62.4 cm³/mol. The van der Waals surface area contributed by atoms with E-state index < -0.39 is 11.6 Å². The third kappa shape index (κ3) is 3.09. The highest BCUT2D eigenvalue weighted by Crippen LogP contribution is 2.19. The number of rotatable bonds is 4. The number of aliphatic imine (C=N–C) groups is 1. The molecular formula is C12H14F2N2O2. The molecule has 0 amide bonds. The lowest BCUT2D eigenvalue weighted by molar-refractivity contribution is 0.188. The normalized spacial score (nSPS) is 20.2. The van der Waals surface area contributed by atoms with Crippen LogP contribution in [-0.2, 0) is 4.74 Å². The van der Waals surface area contributed by atoms with Gasteiger partial charge in [0.25, 0.3) is 6.02 Å². The van der Waals surface area contributed by atoms with Crippen LogP contribution in [0, 0.1) is 11.6 Å². The molecule has 1 heterocycles. The van der Waals surface area contributed by atoms with E-state index in [-0.39, 0.29) is 23.9 Å². The van der Waals surface area contributed by atoms with E-state index in [1.807, 2.05) is 6.92 Å². The summed E-state index contributed by atoms with van der Waals surface area (Å²) in [6.45, 7) is 2.25. The summed E-state index contributed by atoms with van der Waals surface area (Å²) in [5, 5.41) is 0. The number of hydrogen-bond donors (Lipinski definition) is 1. The molecule has 0 radical (unpaired) electrons. The maximum Gasteiger partial charge on any atom is 0.282 e. The first-order valence-electron chi connectivity index (χ1n) is 5.62. The van der Waals surface area contributed by atoms with Crippen LogP contribution in [0.15, 0.2) is 23.2 Å². The van der Waals surface area contributed by atoms with Crippen molar-refractivity contribution in [2.24, 2.45) is 10.7 Å². The van der Waals surface area contributed by atoms with Crippen molar-refractivity contribution in [1.82, 2.24) is 0 Å². The quantitative estimate of drug-likeness (QED) is 0.894. The number of ether oxygens (including phenoxy) is 2. The fourth-order valence-corrected chi connectivity index (χ4v) is 1.77. The molecule has 2 N–H and O–H groups in total. The Bertz CT molecular complexity index is 465. The third-order valence-electron chi connectivity index (χ3n) is 2.57. The predicted octanol–water partition coefficient (Wildman–Crippen LogP) is 1.84. The molecule has 1 aliphatic rings. The van der Waals surface area contributed by atoms with Gasteiger partial charge in [-0.2, -0.15) is 0 Å². The molecule has 98 valence electrons. The summed E-state index contributed by atoms with van der Waals surface area (Å²) in [5.74, 6) is -1.53. The van der Waals surface area contributed by atoms with E-state index in [4.69, 9.17) is 15.2 Å². The van der Waals surface area contributed by atoms with Crippen LogP contribution in [0.1, 0.15) is 13.3 Å². The van der Waals surface area contributed by atoms with Crippen LogP contribution in [0.25, 0.3) is 0 Å². The number of nitrogens with zero attached hydrogens (tertiary/aromatic N) is 1. The van der Waals surface area contributed by atoms with Gasteiger partial charge < -0.3 is 15.2 Å². The van der Waals surface area contributed by atoms with Crippen LogP contribution in [0.3, 0.4) is 0 Å². The van der Waals surface area contributed by atoms with Crippen LogP contribution in [0.4, 0.5) is 8.78 Å². The van der Waals surface area contributed by atoms with E-state index in [0.717, 1.165) is 12.1 Å². The molecular weight excluding hydrogens is 242 g/mol. The zero-order valence-corrected chi connectivity index (χ0v) is 9.90. The lowest BCUT2D eigenvalue weighted by atomic mass is 10.1. The molecule has 18 heavy (non-hydrogen) atoms. The van der Waals surface area contributed by atoms with Crippen LogP contribution in [-0.4, -0.2) is 24.8 Å². The van der Waals surface area contributed by atoms with Crippen LogP contribution in [0.2, 0.25) is 0 Å². The summed E-state index contributed by atoms with van der Waals surface area (Å²) >= 11 is 0. The van der Waals surface area contributed by atoms with Crippen molar-refractivity contribution in [2.45, 2.75) is 25.5 Å². The fourth-order valence-electron chi connectivity index (χ4n) is 1.77. The number of hydrogen-bond acceptors (Lipinski definition) is 4. The van der Waals surface area contributed by atoms with Crippen LogP contribution >= 0.6 is 0 Å². The van der Waals surface area contributed by atoms with Gasteiger partial charge in [0.15, 0.2) is 11.6 Å². The van der Waals surface area contributed by atoms with Gasteiger partial charge in [0.05, 0.1) is 12.1 Å². The third-order valence-corrected chi connectivity index (χ3v) is 2.57. The largest absolute Gasteiger partial charge is 0.491 e. The van der Waals surface area contributed by atoms with Crippen molar-refractivity contribution in [3.8, 4) is 5.75 Å². The average molecular weight is 256 g/mol. The maximum absolute atomic E-state index is 13.0. The summed E-state index contributed by atoms with van der Waals surface area (Å²) in [4.78, 5) is 4.06. The Balaban J connectivity index is 1.90. The van der Waals surface area contributed by atoms with Gasteiger partial charge in [-0.3, -0.25) is 0 Å². The van der Waals surface area contributed by atoms with Crippen LogP contribution in [0.5, 0.6) is 5.75 Å². The van der Waals surface area contributed by atoms with E-state index in [2.05, 4.69) is 4.99 Å². The van der Waals surface area contributed by atoms with Gasteiger partial charge >= 0.3 is 0 Å². The first kappa shape index (κ1) is 12.6. The van der Waals surface area contributed by atoms with Gasteiger partial charge in [0, 0.05) is 12.5 Å². The summed E-state index contributed by atoms with van der Waals surface area (Å²) in [6, 6.07) is 3.57. The van der Waals surface area contributed by atoms with E-state index in [0.29, 0.717) is 13.0 Å². The minimum absolute atomic E-state index is 0.0507. The lowest BCUT2D eigenvalue weighted by Gasteiger charge is -2.16. The van der Waals surface area contributed by atoms with E-state index >= 15 is 0 Å². The number of amidine groups is 1. The van der Waals surface area contributed by atoms with E-state index in [1.165, 1.54) is 6.07 Å². The van der Waals surface area contributed by atoms with Crippen molar-refractivity contribution in [2.75, 3.05) is 6.61 Å². The minimum Gasteiger partial charge on any atom is -0.491 e. The van der Waals surface area contributed by atoms with Crippen molar-refractivity contribution in [1.29, 1.82) is 0 Å². The molecule has 0 saturated heterocycles. The molecule has 0 fully saturated rings. The highest BCUT2D eigenvalue weighted by molar-refractivity contribution is 5.72. The lowest BCUT2D eigenvalue weighted by Crippen LogP contribution is -2.20. The molecule has 1 aromatic rings. The number of halogens is 2. The van der Waals surface area contributed by atoms with Gasteiger partial charge in [-0.05, 0) is 19.1 Å². The smallest absolute Gasteiger partial charge is 0.282 e. The maximum atomic E-state index is 13.0. The molecule has 2 rings (SSSR count). The highest BCUT2D eigenvalue weighted by atomic mass is 19.2. The zero-order chi connectivity index (χ0) is 13.1. The topological polar surface area (TPSA) is 56.8 Å². The average Bonchev–Trinajstić information content (AvgIpc) is 2.69.